The molecular weight excluding hydrogens is 247 g/mol. The van der Waals surface area contributed by atoms with Crippen molar-refractivity contribution in [3.63, 3.8) is 0 Å². The zero-order valence-corrected chi connectivity index (χ0v) is 11.9. The topological polar surface area (TPSA) is 55.6 Å². The number of amides is 1. The van der Waals surface area contributed by atoms with Crippen molar-refractivity contribution in [2.45, 2.75) is 25.8 Å². The predicted octanol–water partition coefficient (Wildman–Crippen LogP) is 1.57. The van der Waals surface area contributed by atoms with Gasteiger partial charge in [-0.1, -0.05) is 0 Å². The molecule has 1 amide bonds. The first kappa shape index (κ1) is 15.4. The van der Waals surface area contributed by atoms with Crippen LogP contribution in [0.2, 0.25) is 0 Å². The number of hydrogen-bond donors (Lipinski definition) is 1. The molecule has 0 radical (unpaired) electrons. The molecule has 2 N–H and O–H groups in total. The monoisotopic (exact) mass is 268 g/mol. The fraction of sp³-hybridized carbons (Fsp3) is 0.500. The standard InChI is InChI=1S/C14H21FN2O2/c1-14(2,16)13(18)17(3)8-7-10-9-11(15)5-6-12(10)19-4/h5-6,9H,7-8,16H2,1-4H3. The Labute approximate surface area is 113 Å². The van der Waals surface area contributed by atoms with Gasteiger partial charge in [-0.2, -0.15) is 0 Å². The SMILES string of the molecule is COc1ccc(F)cc1CCN(C)C(=O)C(C)(C)N. The fourth-order valence-corrected chi connectivity index (χ4v) is 1.82. The van der Waals surface area contributed by atoms with Crippen molar-refractivity contribution in [2.24, 2.45) is 5.73 Å². The second-order valence-corrected chi connectivity index (χ2v) is 5.15. The normalized spacial score (nSPS) is 11.3. The molecule has 0 bridgehead atoms. The Bertz CT molecular complexity index is 455. The Morgan fingerprint density at radius 2 is 2.11 bits per heavy atom. The molecule has 0 saturated carbocycles. The number of carbonyl (C=O) groups excluding carboxylic acids is 1. The molecule has 0 saturated heterocycles. The van der Waals surface area contributed by atoms with Gasteiger partial charge in [0.05, 0.1) is 12.6 Å². The van der Waals surface area contributed by atoms with Crippen LogP contribution in [-0.2, 0) is 11.2 Å². The molecule has 0 aromatic heterocycles. The third-order valence-electron chi connectivity index (χ3n) is 2.86. The van der Waals surface area contributed by atoms with Gasteiger partial charge in [0, 0.05) is 13.6 Å². The fourth-order valence-electron chi connectivity index (χ4n) is 1.82. The lowest BCUT2D eigenvalue weighted by Crippen LogP contribution is -2.50. The first-order chi connectivity index (χ1) is 8.75. The Balaban J connectivity index is 2.72. The smallest absolute Gasteiger partial charge is 0.241 e. The van der Waals surface area contributed by atoms with Crippen LogP contribution in [0, 0.1) is 5.82 Å². The minimum absolute atomic E-state index is 0.150. The molecule has 0 atom stereocenters. The maximum Gasteiger partial charge on any atom is 0.241 e. The quantitative estimate of drug-likeness (QED) is 0.882. The van der Waals surface area contributed by atoms with Crippen LogP contribution in [-0.4, -0.2) is 37.0 Å². The number of ether oxygens (including phenoxy) is 1. The van der Waals surface area contributed by atoms with Crippen LogP contribution in [0.3, 0.4) is 0 Å². The molecule has 106 valence electrons. The third kappa shape index (κ3) is 4.21. The van der Waals surface area contributed by atoms with E-state index >= 15 is 0 Å². The Morgan fingerprint density at radius 3 is 2.63 bits per heavy atom. The van der Waals surface area contributed by atoms with Crippen LogP contribution in [0.1, 0.15) is 19.4 Å². The highest BCUT2D eigenvalue weighted by Crippen LogP contribution is 2.20. The Hall–Kier alpha value is -1.62. The van der Waals surface area contributed by atoms with Crippen molar-refractivity contribution in [1.29, 1.82) is 0 Å². The molecule has 19 heavy (non-hydrogen) atoms. The van der Waals surface area contributed by atoms with E-state index in [-0.39, 0.29) is 11.7 Å². The second-order valence-electron chi connectivity index (χ2n) is 5.15. The number of hydrogen-bond acceptors (Lipinski definition) is 3. The maximum absolute atomic E-state index is 13.2. The van der Waals surface area contributed by atoms with E-state index in [0.717, 1.165) is 5.56 Å². The van der Waals surface area contributed by atoms with E-state index in [4.69, 9.17) is 10.5 Å². The van der Waals surface area contributed by atoms with Crippen molar-refractivity contribution >= 4 is 5.91 Å². The van der Waals surface area contributed by atoms with Gasteiger partial charge in [0.1, 0.15) is 11.6 Å². The number of carbonyl (C=O) groups is 1. The summed E-state index contributed by atoms with van der Waals surface area (Å²) in [7, 11) is 3.22. The van der Waals surface area contributed by atoms with Gasteiger partial charge in [0.2, 0.25) is 5.91 Å². The van der Waals surface area contributed by atoms with Gasteiger partial charge in [-0.05, 0) is 44.0 Å². The molecule has 1 rings (SSSR count). The maximum atomic E-state index is 13.2. The summed E-state index contributed by atoms with van der Waals surface area (Å²) in [4.78, 5) is 13.4. The van der Waals surface area contributed by atoms with Gasteiger partial charge in [0.25, 0.3) is 0 Å². The predicted molar refractivity (Wildman–Crippen MR) is 72.6 cm³/mol. The van der Waals surface area contributed by atoms with E-state index < -0.39 is 5.54 Å². The van der Waals surface area contributed by atoms with Crippen molar-refractivity contribution in [3.05, 3.63) is 29.6 Å². The van der Waals surface area contributed by atoms with E-state index in [1.165, 1.54) is 19.2 Å². The molecule has 0 unspecified atom stereocenters. The first-order valence-corrected chi connectivity index (χ1v) is 6.12. The number of nitrogens with zero attached hydrogens (tertiary/aromatic N) is 1. The van der Waals surface area contributed by atoms with Gasteiger partial charge in [-0.15, -0.1) is 0 Å². The minimum Gasteiger partial charge on any atom is -0.496 e. The molecule has 5 heteroatoms. The number of nitrogens with two attached hydrogens (primary N) is 1. The van der Waals surface area contributed by atoms with Crippen molar-refractivity contribution in [3.8, 4) is 5.75 Å². The van der Waals surface area contributed by atoms with Gasteiger partial charge >= 0.3 is 0 Å². The van der Waals surface area contributed by atoms with Crippen molar-refractivity contribution in [1.82, 2.24) is 4.90 Å². The average molecular weight is 268 g/mol. The van der Waals surface area contributed by atoms with Gasteiger partial charge < -0.3 is 15.4 Å². The molecule has 0 aliphatic carbocycles. The molecule has 0 spiro atoms. The summed E-state index contributed by atoms with van der Waals surface area (Å²) in [5.74, 6) is 0.154. The largest absolute Gasteiger partial charge is 0.496 e. The summed E-state index contributed by atoms with van der Waals surface area (Å²) in [6.45, 7) is 3.78. The second kappa shape index (κ2) is 6.02. The first-order valence-electron chi connectivity index (χ1n) is 6.12. The van der Waals surface area contributed by atoms with E-state index in [0.29, 0.717) is 18.7 Å². The van der Waals surface area contributed by atoms with Crippen LogP contribution in [0.4, 0.5) is 4.39 Å². The van der Waals surface area contributed by atoms with Crippen LogP contribution >= 0.6 is 0 Å². The van der Waals surface area contributed by atoms with Crippen LogP contribution in [0.15, 0.2) is 18.2 Å². The zero-order valence-electron chi connectivity index (χ0n) is 11.9. The van der Waals surface area contributed by atoms with Crippen LogP contribution in [0.5, 0.6) is 5.75 Å². The number of rotatable bonds is 5. The highest BCUT2D eigenvalue weighted by atomic mass is 19.1. The molecule has 0 fully saturated rings. The summed E-state index contributed by atoms with van der Waals surface area (Å²) < 4.78 is 18.4. The summed E-state index contributed by atoms with van der Waals surface area (Å²) in [6, 6.07) is 4.35. The van der Waals surface area contributed by atoms with Gasteiger partial charge in [0.15, 0.2) is 0 Å². The van der Waals surface area contributed by atoms with E-state index in [1.54, 1.807) is 31.9 Å². The lowest BCUT2D eigenvalue weighted by Gasteiger charge is -2.26. The van der Waals surface area contributed by atoms with Gasteiger partial charge in [-0.25, -0.2) is 4.39 Å². The highest BCUT2D eigenvalue weighted by molar-refractivity contribution is 5.84. The molecule has 0 heterocycles. The lowest BCUT2D eigenvalue weighted by atomic mass is 10.0. The molecule has 0 aliphatic heterocycles. The Kier molecular flexibility index (Phi) is 4.89. The summed E-state index contributed by atoms with van der Waals surface area (Å²) in [5.41, 5.74) is 5.58. The van der Waals surface area contributed by atoms with Gasteiger partial charge in [-0.3, -0.25) is 4.79 Å². The number of halogens is 1. The molecular formula is C14H21FN2O2. The summed E-state index contributed by atoms with van der Waals surface area (Å²) in [5, 5.41) is 0. The van der Waals surface area contributed by atoms with Crippen molar-refractivity contribution in [2.75, 3.05) is 20.7 Å². The number of benzene rings is 1. The Morgan fingerprint density at radius 1 is 1.47 bits per heavy atom. The molecule has 1 aromatic rings. The van der Waals surface area contributed by atoms with E-state index in [1.807, 2.05) is 0 Å². The minimum atomic E-state index is -0.902. The number of methoxy groups -OCH3 is 1. The summed E-state index contributed by atoms with van der Waals surface area (Å²) in [6.07, 6.45) is 0.513. The van der Waals surface area contributed by atoms with Crippen LogP contribution in [0.25, 0.3) is 0 Å². The van der Waals surface area contributed by atoms with Crippen molar-refractivity contribution < 1.29 is 13.9 Å². The molecule has 4 nitrogen and oxygen atoms in total. The molecule has 1 aromatic carbocycles. The van der Waals surface area contributed by atoms with Crippen LogP contribution < -0.4 is 10.5 Å². The highest BCUT2D eigenvalue weighted by Gasteiger charge is 2.25. The zero-order chi connectivity index (χ0) is 14.6. The lowest BCUT2D eigenvalue weighted by molar-refractivity contribution is -0.134. The van der Waals surface area contributed by atoms with E-state index in [9.17, 15) is 9.18 Å². The molecule has 0 aliphatic rings. The summed E-state index contributed by atoms with van der Waals surface area (Å²) >= 11 is 0. The number of likely N-dealkylation sites (N-methyl/N-ethyl adjacent to an activating group) is 1. The average Bonchev–Trinajstić information content (AvgIpc) is 2.34. The third-order valence-corrected chi connectivity index (χ3v) is 2.86. The van der Waals surface area contributed by atoms with E-state index in [2.05, 4.69) is 0 Å².